The van der Waals surface area contributed by atoms with Gasteiger partial charge in [-0.25, -0.2) is 4.79 Å². The molecule has 1 amide bonds. The van der Waals surface area contributed by atoms with Gasteiger partial charge < -0.3 is 9.64 Å². The third-order valence-electron chi connectivity index (χ3n) is 5.54. The third kappa shape index (κ3) is 4.15. The number of likely N-dealkylation sites (tertiary alicyclic amines) is 1. The number of ether oxygens (including phenoxy) is 1. The monoisotopic (exact) mass is 369 g/mol. The van der Waals surface area contributed by atoms with E-state index in [1.54, 1.807) is 17.0 Å². The largest absolute Gasteiger partial charge is 0.444 e. The number of hydrogen-bond acceptors (Lipinski definition) is 2. The molecule has 0 bridgehead atoms. The summed E-state index contributed by atoms with van der Waals surface area (Å²) in [5, 5.41) is 0. The zero-order chi connectivity index (χ0) is 19.2. The van der Waals surface area contributed by atoms with Gasteiger partial charge in [0.1, 0.15) is 5.60 Å². The fourth-order valence-corrected chi connectivity index (χ4v) is 4.06. The van der Waals surface area contributed by atoms with E-state index in [1.807, 2.05) is 20.8 Å². The molecule has 0 radical (unpaired) electrons. The number of rotatable bonds is 1. The highest BCUT2D eigenvalue weighted by atomic mass is 19.4. The smallest absolute Gasteiger partial charge is 0.416 e. The number of halogens is 3. The number of amides is 1. The normalized spacial score (nSPS) is 20.8. The average Bonchev–Trinajstić information content (AvgIpc) is 2.50. The molecule has 1 spiro atoms. The lowest BCUT2D eigenvalue weighted by atomic mass is 9.56. The summed E-state index contributed by atoms with van der Waals surface area (Å²) >= 11 is 0. The van der Waals surface area contributed by atoms with Gasteiger partial charge in [0.2, 0.25) is 0 Å². The van der Waals surface area contributed by atoms with Gasteiger partial charge in [-0.2, -0.15) is 13.2 Å². The standard InChI is InChI=1S/C20H26F3NO2/c1-18(2,3)26-17(25)24-10-8-19(9-11-24)12-15(13-19)14-4-6-16(7-5-14)20(21,22)23/h4-7,15H,8-13H2,1-3H3. The summed E-state index contributed by atoms with van der Waals surface area (Å²) in [5.41, 5.74) is 0.126. The van der Waals surface area contributed by atoms with Crippen molar-refractivity contribution < 1.29 is 22.7 Å². The highest BCUT2D eigenvalue weighted by Crippen LogP contribution is 2.56. The van der Waals surface area contributed by atoms with Crippen molar-refractivity contribution in [3.63, 3.8) is 0 Å². The van der Waals surface area contributed by atoms with Crippen LogP contribution in [0.1, 0.15) is 63.5 Å². The van der Waals surface area contributed by atoms with Crippen LogP contribution in [0.15, 0.2) is 24.3 Å². The van der Waals surface area contributed by atoms with Gasteiger partial charge in [-0.05, 0) is 75.5 Å². The topological polar surface area (TPSA) is 29.5 Å². The second-order valence-electron chi connectivity index (χ2n) is 8.69. The van der Waals surface area contributed by atoms with Crippen LogP contribution in [0.25, 0.3) is 0 Å². The number of alkyl halides is 3. The molecule has 1 heterocycles. The van der Waals surface area contributed by atoms with Crippen LogP contribution in [0.2, 0.25) is 0 Å². The van der Waals surface area contributed by atoms with E-state index < -0.39 is 17.3 Å². The lowest BCUT2D eigenvalue weighted by Crippen LogP contribution is -2.49. The molecule has 0 atom stereocenters. The summed E-state index contributed by atoms with van der Waals surface area (Å²) in [6, 6.07) is 5.56. The number of carbonyl (C=O) groups is 1. The summed E-state index contributed by atoms with van der Waals surface area (Å²) in [5.74, 6) is 0.324. The van der Waals surface area contributed by atoms with Crippen molar-refractivity contribution in [1.82, 2.24) is 4.90 Å². The summed E-state index contributed by atoms with van der Waals surface area (Å²) in [4.78, 5) is 13.9. The Morgan fingerprint density at radius 3 is 2.08 bits per heavy atom. The molecule has 1 saturated heterocycles. The SMILES string of the molecule is CC(C)(C)OC(=O)N1CCC2(CC1)CC(c1ccc(C(F)(F)F)cc1)C2. The van der Waals surface area contributed by atoms with E-state index >= 15 is 0 Å². The molecule has 2 aliphatic rings. The number of hydrogen-bond donors (Lipinski definition) is 0. The van der Waals surface area contributed by atoms with E-state index in [4.69, 9.17) is 4.74 Å². The van der Waals surface area contributed by atoms with E-state index in [1.165, 1.54) is 12.1 Å². The van der Waals surface area contributed by atoms with E-state index in [-0.39, 0.29) is 11.5 Å². The molecule has 0 unspecified atom stereocenters. The molecule has 2 fully saturated rings. The van der Waals surface area contributed by atoms with Gasteiger partial charge >= 0.3 is 12.3 Å². The van der Waals surface area contributed by atoms with Crippen LogP contribution in [-0.2, 0) is 10.9 Å². The third-order valence-corrected chi connectivity index (χ3v) is 5.54. The molecule has 1 aromatic rings. The van der Waals surface area contributed by atoms with Crippen molar-refractivity contribution in [2.24, 2.45) is 5.41 Å². The Bertz CT molecular complexity index is 645. The number of benzene rings is 1. The molecule has 1 aromatic carbocycles. The van der Waals surface area contributed by atoms with Gasteiger partial charge in [0.05, 0.1) is 5.56 Å². The van der Waals surface area contributed by atoms with E-state index in [2.05, 4.69) is 0 Å². The van der Waals surface area contributed by atoms with Crippen molar-refractivity contribution in [3.05, 3.63) is 35.4 Å². The zero-order valence-corrected chi connectivity index (χ0v) is 15.5. The van der Waals surface area contributed by atoms with Gasteiger partial charge in [0, 0.05) is 13.1 Å². The van der Waals surface area contributed by atoms with Crippen molar-refractivity contribution >= 4 is 6.09 Å². The lowest BCUT2D eigenvalue weighted by Gasteiger charge is -2.52. The van der Waals surface area contributed by atoms with Crippen LogP contribution in [0.5, 0.6) is 0 Å². The minimum Gasteiger partial charge on any atom is -0.444 e. The first-order chi connectivity index (χ1) is 12.0. The minimum absolute atomic E-state index is 0.228. The maximum atomic E-state index is 12.7. The molecule has 26 heavy (non-hydrogen) atoms. The number of piperidine rings is 1. The summed E-state index contributed by atoms with van der Waals surface area (Å²) in [7, 11) is 0. The van der Waals surface area contributed by atoms with Crippen molar-refractivity contribution in [1.29, 1.82) is 0 Å². The van der Waals surface area contributed by atoms with Gasteiger partial charge in [-0.1, -0.05) is 12.1 Å². The first kappa shape index (κ1) is 19.1. The van der Waals surface area contributed by atoms with Crippen molar-refractivity contribution in [2.75, 3.05) is 13.1 Å². The van der Waals surface area contributed by atoms with Crippen LogP contribution in [0.3, 0.4) is 0 Å². The minimum atomic E-state index is -4.28. The molecular weight excluding hydrogens is 343 g/mol. The molecule has 1 aliphatic carbocycles. The maximum Gasteiger partial charge on any atom is 0.416 e. The van der Waals surface area contributed by atoms with E-state index in [9.17, 15) is 18.0 Å². The fourth-order valence-electron chi connectivity index (χ4n) is 4.06. The van der Waals surface area contributed by atoms with Crippen LogP contribution >= 0.6 is 0 Å². The van der Waals surface area contributed by atoms with Crippen LogP contribution in [0, 0.1) is 5.41 Å². The molecule has 3 nitrogen and oxygen atoms in total. The van der Waals surface area contributed by atoms with E-state index in [0.29, 0.717) is 19.0 Å². The molecular formula is C20H26F3NO2. The quantitative estimate of drug-likeness (QED) is 0.645. The van der Waals surface area contributed by atoms with Crippen LogP contribution < -0.4 is 0 Å². The summed E-state index contributed by atoms with van der Waals surface area (Å²) in [6.07, 6.45) is -0.701. The molecule has 144 valence electrons. The molecule has 1 aliphatic heterocycles. The molecule has 1 saturated carbocycles. The second kappa shape index (κ2) is 6.46. The number of carbonyl (C=O) groups excluding carboxylic acids is 1. The Morgan fingerprint density at radius 2 is 1.62 bits per heavy atom. The first-order valence-electron chi connectivity index (χ1n) is 9.13. The summed E-state index contributed by atoms with van der Waals surface area (Å²) < 4.78 is 43.4. The Morgan fingerprint density at radius 1 is 1.08 bits per heavy atom. The highest BCUT2D eigenvalue weighted by Gasteiger charge is 2.47. The van der Waals surface area contributed by atoms with Gasteiger partial charge in [-0.15, -0.1) is 0 Å². The predicted molar refractivity (Wildman–Crippen MR) is 92.9 cm³/mol. The summed E-state index contributed by atoms with van der Waals surface area (Å²) in [6.45, 7) is 6.95. The van der Waals surface area contributed by atoms with Gasteiger partial charge in [0.25, 0.3) is 0 Å². The predicted octanol–water partition coefficient (Wildman–Crippen LogP) is 5.60. The second-order valence-corrected chi connectivity index (χ2v) is 8.69. The average molecular weight is 369 g/mol. The number of nitrogens with zero attached hydrogens (tertiary/aromatic N) is 1. The fraction of sp³-hybridized carbons (Fsp3) is 0.650. The highest BCUT2D eigenvalue weighted by molar-refractivity contribution is 5.68. The molecule has 0 N–H and O–H groups in total. The van der Waals surface area contributed by atoms with Crippen LogP contribution in [-0.4, -0.2) is 29.7 Å². The molecule has 0 aromatic heterocycles. The Balaban J connectivity index is 1.52. The Kier molecular flexibility index (Phi) is 4.74. The van der Waals surface area contributed by atoms with E-state index in [0.717, 1.165) is 31.2 Å². The Labute approximate surface area is 152 Å². The zero-order valence-electron chi connectivity index (χ0n) is 15.5. The lowest BCUT2D eigenvalue weighted by molar-refractivity contribution is -0.137. The van der Waals surface area contributed by atoms with Crippen molar-refractivity contribution in [3.8, 4) is 0 Å². The van der Waals surface area contributed by atoms with Crippen molar-refractivity contribution in [2.45, 2.75) is 64.1 Å². The van der Waals surface area contributed by atoms with Gasteiger partial charge in [0.15, 0.2) is 0 Å². The van der Waals surface area contributed by atoms with Gasteiger partial charge in [-0.3, -0.25) is 0 Å². The molecule has 3 rings (SSSR count). The molecule has 6 heteroatoms. The first-order valence-corrected chi connectivity index (χ1v) is 9.13. The maximum absolute atomic E-state index is 12.7. The van der Waals surface area contributed by atoms with Crippen LogP contribution in [0.4, 0.5) is 18.0 Å². The Hall–Kier alpha value is -1.72.